The van der Waals surface area contributed by atoms with E-state index in [4.69, 9.17) is 9.15 Å². The lowest BCUT2D eigenvalue weighted by Gasteiger charge is -2.23. The van der Waals surface area contributed by atoms with E-state index in [1.54, 1.807) is 30.3 Å². The summed E-state index contributed by atoms with van der Waals surface area (Å²) in [7, 11) is 0. The molecule has 1 aromatic heterocycles. The molecule has 0 fully saturated rings. The molecule has 0 bridgehead atoms. The van der Waals surface area contributed by atoms with Gasteiger partial charge in [0, 0.05) is 12.1 Å². The Balaban J connectivity index is 1.86. The number of rotatable bonds is 5. The summed E-state index contributed by atoms with van der Waals surface area (Å²) < 4.78 is 11.6. The molecule has 5 heteroatoms. The molecule has 2 aromatic carbocycles. The standard InChI is InChI=1S/C20H23NO4/c1-20(2,3)21-11-13(22)12-24-17-10-6-8-15-18(23)14-7-4-5-9-16(14)25-19(15)17/h4-10,13,21-22H,11-12H2,1-3H3. The summed E-state index contributed by atoms with van der Waals surface area (Å²) in [5.41, 5.74) is 0.761. The molecule has 0 saturated heterocycles. The van der Waals surface area contributed by atoms with Gasteiger partial charge in [-0.3, -0.25) is 4.79 Å². The van der Waals surface area contributed by atoms with Gasteiger partial charge in [0.1, 0.15) is 18.3 Å². The largest absolute Gasteiger partial charge is 0.487 e. The van der Waals surface area contributed by atoms with Gasteiger partial charge >= 0.3 is 0 Å². The first-order chi connectivity index (χ1) is 11.8. The first kappa shape index (κ1) is 17.5. The lowest BCUT2D eigenvalue weighted by Crippen LogP contribution is -2.42. The van der Waals surface area contributed by atoms with Crippen LogP contribution in [0.5, 0.6) is 5.75 Å². The van der Waals surface area contributed by atoms with Gasteiger partial charge in [-0.2, -0.15) is 0 Å². The van der Waals surface area contributed by atoms with E-state index in [0.717, 1.165) is 0 Å². The monoisotopic (exact) mass is 341 g/mol. The molecule has 132 valence electrons. The van der Waals surface area contributed by atoms with E-state index in [2.05, 4.69) is 5.32 Å². The summed E-state index contributed by atoms with van der Waals surface area (Å²) in [4.78, 5) is 12.6. The van der Waals surface area contributed by atoms with Crippen molar-refractivity contribution in [3.05, 3.63) is 52.7 Å². The molecule has 0 radical (unpaired) electrons. The van der Waals surface area contributed by atoms with Gasteiger partial charge in [-0.1, -0.05) is 18.2 Å². The zero-order valence-corrected chi connectivity index (χ0v) is 14.7. The second kappa shape index (κ2) is 6.86. The predicted molar refractivity (Wildman–Crippen MR) is 99.2 cm³/mol. The van der Waals surface area contributed by atoms with Crippen LogP contribution in [0, 0.1) is 0 Å². The van der Waals surface area contributed by atoms with Gasteiger partial charge in [0.15, 0.2) is 11.3 Å². The lowest BCUT2D eigenvalue weighted by atomic mass is 10.1. The highest BCUT2D eigenvalue weighted by molar-refractivity contribution is 5.92. The quantitative estimate of drug-likeness (QED) is 0.698. The molecule has 0 saturated carbocycles. The van der Waals surface area contributed by atoms with Crippen molar-refractivity contribution in [3.63, 3.8) is 0 Å². The summed E-state index contributed by atoms with van der Waals surface area (Å²) in [5.74, 6) is 0.454. The van der Waals surface area contributed by atoms with Crippen molar-refractivity contribution in [2.75, 3.05) is 13.2 Å². The van der Waals surface area contributed by atoms with Crippen LogP contribution < -0.4 is 15.5 Å². The van der Waals surface area contributed by atoms with Crippen molar-refractivity contribution in [2.45, 2.75) is 32.4 Å². The number of fused-ring (bicyclic) bond motifs is 2. The van der Waals surface area contributed by atoms with Crippen LogP contribution in [0.15, 0.2) is 51.7 Å². The average molecular weight is 341 g/mol. The van der Waals surface area contributed by atoms with Crippen LogP contribution in [0.2, 0.25) is 0 Å². The molecule has 0 spiro atoms. The molecule has 5 nitrogen and oxygen atoms in total. The normalized spacial score (nSPS) is 13.3. The molecular weight excluding hydrogens is 318 g/mol. The first-order valence-corrected chi connectivity index (χ1v) is 8.35. The predicted octanol–water partition coefficient (Wildman–Crippen LogP) is 3.07. The molecule has 0 aliphatic heterocycles. The van der Waals surface area contributed by atoms with E-state index < -0.39 is 6.10 Å². The topological polar surface area (TPSA) is 71.7 Å². The maximum atomic E-state index is 12.6. The Kier molecular flexibility index (Phi) is 4.79. The van der Waals surface area contributed by atoms with Crippen molar-refractivity contribution < 1.29 is 14.3 Å². The second-order valence-corrected chi connectivity index (χ2v) is 7.16. The van der Waals surface area contributed by atoms with E-state index in [1.165, 1.54) is 0 Å². The van der Waals surface area contributed by atoms with E-state index >= 15 is 0 Å². The van der Waals surface area contributed by atoms with E-state index in [-0.39, 0.29) is 17.6 Å². The zero-order chi connectivity index (χ0) is 18.0. The maximum absolute atomic E-state index is 12.6. The van der Waals surface area contributed by atoms with Crippen LogP contribution >= 0.6 is 0 Å². The Morgan fingerprint density at radius 3 is 2.60 bits per heavy atom. The summed E-state index contributed by atoms with van der Waals surface area (Å²) in [6, 6.07) is 12.3. The Bertz CT molecular complexity index is 940. The lowest BCUT2D eigenvalue weighted by molar-refractivity contribution is 0.100. The van der Waals surface area contributed by atoms with Gasteiger partial charge in [-0.05, 0) is 45.0 Å². The zero-order valence-electron chi connectivity index (χ0n) is 14.7. The molecule has 1 unspecified atom stereocenters. The Morgan fingerprint density at radius 2 is 1.84 bits per heavy atom. The Hall–Kier alpha value is -2.37. The average Bonchev–Trinajstić information content (AvgIpc) is 2.58. The smallest absolute Gasteiger partial charge is 0.200 e. The Morgan fingerprint density at radius 1 is 1.12 bits per heavy atom. The highest BCUT2D eigenvalue weighted by Gasteiger charge is 2.15. The van der Waals surface area contributed by atoms with Crippen molar-refractivity contribution in [1.29, 1.82) is 0 Å². The Labute approximate surface area is 146 Å². The number of aliphatic hydroxyl groups excluding tert-OH is 1. The number of hydrogen-bond acceptors (Lipinski definition) is 5. The van der Waals surface area contributed by atoms with Gasteiger partial charge in [0.05, 0.1) is 10.8 Å². The molecule has 25 heavy (non-hydrogen) atoms. The molecule has 1 heterocycles. The molecule has 1 atom stereocenters. The SMILES string of the molecule is CC(C)(C)NCC(O)COc1cccc2c(=O)c3ccccc3oc12. The third kappa shape index (κ3) is 4.00. The molecule has 3 rings (SSSR count). The maximum Gasteiger partial charge on any atom is 0.200 e. The fourth-order valence-electron chi connectivity index (χ4n) is 2.58. The van der Waals surface area contributed by atoms with Crippen LogP contribution in [0.3, 0.4) is 0 Å². The fourth-order valence-corrected chi connectivity index (χ4v) is 2.58. The van der Waals surface area contributed by atoms with Crippen LogP contribution in [0.4, 0.5) is 0 Å². The van der Waals surface area contributed by atoms with Gasteiger partial charge in [-0.15, -0.1) is 0 Å². The van der Waals surface area contributed by atoms with Crippen molar-refractivity contribution in [3.8, 4) is 5.75 Å². The molecule has 0 amide bonds. The molecule has 0 aliphatic rings. The minimum absolute atomic E-state index is 0.0773. The van der Waals surface area contributed by atoms with Gasteiger partial charge in [-0.25, -0.2) is 0 Å². The molecular formula is C20H23NO4. The van der Waals surface area contributed by atoms with Gasteiger partial charge in [0.25, 0.3) is 0 Å². The van der Waals surface area contributed by atoms with E-state index in [1.807, 2.05) is 32.9 Å². The van der Waals surface area contributed by atoms with Crippen LogP contribution in [-0.2, 0) is 0 Å². The minimum atomic E-state index is -0.665. The number of benzene rings is 2. The van der Waals surface area contributed by atoms with Crippen molar-refractivity contribution in [2.24, 2.45) is 0 Å². The van der Waals surface area contributed by atoms with Crippen LogP contribution in [0.25, 0.3) is 21.9 Å². The van der Waals surface area contributed by atoms with E-state index in [9.17, 15) is 9.90 Å². The van der Waals surface area contributed by atoms with Crippen molar-refractivity contribution >= 4 is 21.9 Å². The molecule has 2 N–H and O–H groups in total. The van der Waals surface area contributed by atoms with Crippen LogP contribution in [-0.4, -0.2) is 29.9 Å². The summed E-state index contributed by atoms with van der Waals surface area (Å²) in [6.45, 7) is 6.63. The van der Waals surface area contributed by atoms with Crippen molar-refractivity contribution in [1.82, 2.24) is 5.32 Å². The number of ether oxygens (including phenoxy) is 1. The van der Waals surface area contributed by atoms with Gasteiger partial charge in [0.2, 0.25) is 5.43 Å². The molecule has 3 aromatic rings. The third-order valence-corrected chi connectivity index (χ3v) is 3.87. The molecule has 0 aliphatic carbocycles. The van der Waals surface area contributed by atoms with E-state index in [0.29, 0.717) is 34.2 Å². The minimum Gasteiger partial charge on any atom is -0.487 e. The second-order valence-electron chi connectivity index (χ2n) is 7.16. The fraction of sp³-hybridized carbons (Fsp3) is 0.350. The first-order valence-electron chi connectivity index (χ1n) is 8.35. The summed E-state index contributed by atoms with van der Waals surface area (Å²) >= 11 is 0. The highest BCUT2D eigenvalue weighted by Crippen LogP contribution is 2.27. The summed E-state index contributed by atoms with van der Waals surface area (Å²) in [5, 5.41) is 14.3. The number of aliphatic hydroxyl groups is 1. The highest BCUT2D eigenvalue weighted by atomic mass is 16.5. The van der Waals surface area contributed by atoms with Gasteiger partial charge < -0.3 is 19.6 Å². The number of hydrogen-bond donors (Lipinski definition) is 2. The summed E-state index contributed by atoms with van der Waals surface area (Å²) in [6.07, 6.45) is -0.665. The van der Waals surface area contributed by atoms with Crippen LogP contribution in [0.1, 0.15) is 20.8 Å². The third-order valence-electron chi connectivity index (χ3n) is 3.87. The number of β-amino-alcohol motifs (C(OH)–C–C–N with tert-alkyl or cyclic N) is 1. The number of para-hydroxylation sites is 2. The number of nitrogens with one attached hydrogen (secondary N) is 1.